The molecule has 228 valence electrons. The van der Waals surface area contributed by atoms with Crippen LogP contribution in [0.4, 0.5) is 0 Å². The van der Waals surface area contributed by atoms with Crippen molar-refractivity contribution in [3.8, 4) is 20.2 Å². The number of benzene rings is 1. The maximum absolute atomic E-state index is 2.83. The predicted molar refractivity (Wildman–Crippen MR) is 193 cm³/mol. The van der Waals surface area contributed by atoms with Crippen LogP contribution in [0.3, 0.4) is 0 Å². The molecule has 0 amide bonds. The molecule has 0 spiro atoms. The van der Waals surface area contributed by atoms with Gasteiger partial charge in [0.1, 0.15) is 0 Å². The van der Waals surface area contributed by atoms with Gasteiger partial charge in [-0.25, -0.2) is 0 Å². The van der Waals surface area contributed by atoms with Gasteiger partial charge in [-0.15, -0.1) is 0 Å². The van der Waals surface area contributed by atoms with Crippen molar-refractivity contribution in [1.82, 2.24) is 0 Å². The molecule has 0 fully saturated rings. The third-order valence-electron chi connectivity index (χ3n) is 9.03. The van der Waals surface area contributed by atoms with Crippen LogP contribution >= 0.6 is 22.7 Å². The van der Waals surface area contributed by atoms with Gasteiger partial charge in [-0.05, 0) is 0 Å². The third-order valence-corrected chi connectivity index (χ3v) is 29.8. The van der Waals surface area contributed by atoms with E-state index in [-0.39, 0.29) is 0 Å². The van der Waals surface area contributed by atoms with Crippen molar-refractivity contribution < 1.29 is 0 Å². The fourth-order valence-electron chi connectivity index (χ4n) is 6.39. The average Bonchev–Trinajstić information content (AvgIpc) is 3.62. The van der Waals surface area contributed by atoms with Crippen molar-refractivity contribution in [2.75, 3.05) is 0 Å². The van der Waals surface area contributed by atoms with Crippen LogP contribution in [-0.2, 0) is 12.8 Å². The summed E-state index contributed by atoms with van der Waals surface area (Å²) in [6.45, 7) is 11.9. The zero-order chi connectivity index (χ0) is 29.3. The minimum atomic E-state index is -2.48. The van der Waals surface area contributed by atoms with Crippen LogP contribution in [0.5, 0.6) is 0 Å². The molecule has 0 aliphatic heterocycles. The van der Waals surface area contributed by atoms with Gasteiger partial charge in [0.25, 0.3) is 0 Å². The normalized spacial score (nSPS) is 11.9. The van der Waals surface area contributed by atoms with Gasteiger partial charge >= 0.3 is 268 Å². The fourth-order valence-corrected chi connectivity index (χ4v) is 28.2. The number of hydrogen-bond donors (Lipinski definition) is 0. The van der Waals surface area contributed by atoms with E-state index in [9.17, 15) is 0 Å². The molecule has 0 bridgehead atoms. The molecule has 1 aromatic carbocycles. The van der Waals surface area contributed by atoms with Gasteiger partial charge in [0.15, 0.2) is 0 Å². The number of aryl methyl sites for hydroxylation is 2. The van der Waals surface area contributed by atoms with E-state index in [1.165, 1.54) is 113 Å². The standard InChI is InChI=1S/C26H33S2.3C4H9.Sn/c1-3-5-7-10-16-22-18-19-27-25(22)26-23(17-11-8-6-4-2)20-24(28-26)21-14-12-9-13-15-21;3*1-3-4-2;/h9,12-15,18,20H,3-8,10-11,16-17H2,1-2H3;3*1,3-4H2,2H3;. The summed E-state index contributed by atoms with van der Waals surface area (Å²) >= 11 is 1.92. The van der Waals surface area contributed by atoms with E-state index in [1.807, 2.05) is 2.89 Å². The summed E-state index contributed by atoms with van der Waals surface area (Å²) in [6, 6.07) is 16.6. The summed E-state index contributed by atoms with van der Waals surface area (Å²) in [5.41, 5.74) is 4.73. The molecule has 0 unspecified atom stereocenters. The van der Waals surface area contributed by atoms with Crippen molar-refractivity contribution in [2.24, 2.45) is 0 Å². The molecule has 3 heteroatoms. The van der Waals surface area contributed by atoms with Gasteiger partial charge in [-0.2, -0.15) is 0 Å². The van der Waals surface area contributed by atoms with Crippen molar-refractivity contribution in [3.63, 3.8) is 0 Å². The van der Waals surface area contributed by atoms with Crippen molar-refractivity contribution >= 4 is 43.9 Å². The van der Waals surface area contributed by atoms with Gasteiger partial charge < -0.3 is 0 Å². The van der Waals surface area contributed by atoms with Gasteiger partial charge in [0.05, 0.1) is 0 Å². The molecule has 0 aliphatic rings. The van der Waals surface area contributed by atoms with Crippen LogP contribution in [0.25, 0.3) is 20.2 Å². The Labute approximate surface area is 266 Å². The first kappa shape index (κ1) is 34.9. The number of thiophene rings is 2. The van der Waals surface area contributed by atoms with E-state index in [4.69, 9.17) is 0 Å². The molecule has 2 heterocycles. The molecule has 0 nitrogen and oxygen atoms in total. The Morgan fingerprint density at radius 2 is 1.00 bits per heavy atom. The van der Waals surface area contributed by atoms with Crippen LogP contribution in [-0.4, -0.2) is 18.4 Å². The Hall–Kier alpha value is -0.581. The molecule has 0 aliphatic carbocycles. The summed E-state index contributed by atoms with van der Waals surface area (Å²) in [4.78, 5) is 4.78. The van der Waals surface area contributed by atoms with E-state index < -0.39 is 18.4 Å². The Balaban J connectivity index is 2.12. The topological polar surface area (TPSA) is 0 Å². The molecule has 3 aromatic rings. The minimum absolute atomic E-state index is 1.23. The second-order valence-electron chi connectivity index (χ2n) is 12.5. The predicted octanol–water partition coefficient (Wildman–Crippen LogP) is 13.4. The SMILES string of the molecule is CCCCCCc1cc(-c2ccccc2)sc1-c1s[c]([Sn]([CH2]CCC)([CH2]CCC)[CH2]CCC)cc1CCCCCC. The zero-order valence-corrected chi connectivity index (χ0v) is 31.8. The number of hydrogen-bond acceptors (Lipinski definition) is 2. The molecule has 2 aromatic heterocycles. The zero-order valence-electron chi connectivity index (χ0n) is 27.3. The van der Waals surface area contributed by atoms with Gasteiger partial charge in [-0.3, -0.25) is 0 Å². The first-order chi connectivity index (χ1) is 20.1. The summed E-state index contributed by atoms with van der Waals surface area (Å²) in [5, 5.41) is 0. The van der Waals surface area contributed by atoms with Crippen molar-refractivity contribution in [2.45, 2.75) is 151 Å². The Morgan fingerprint density at radius 1 is 0.512 bits per heavy atom. The van der Waals surface area contributed by atoms with E-state index in [0.717, 1.165) is 0 Å². The van der Waals surface area contributed by atoms with Crippen molar-refractivity contribution in [3.05, 3.63) is 53.6 Å². The molecule has 3 rings (SSSR count). The molecule has 41 heavy (non-hydrogen) atoms. The summed E-state index contributed by atoms with van der Waals surface area (Å²) in [6.07, 6.45) is 21.7. The van der Waals surface area contributed by atoms with Crippen LogP contribution in [0.15, 0.2) is 42.5 Å². The summed E-state index contributed by atoms with van der Waals surface area (Å²) in [5.74, 6) is 0. The van der Waals surface area contributed by atoms with Gasteiger partial charge in [0.2, 0.25) is 0 Å². The molecule has 0 N–H and O–H groups in total. The molecule has 0 radical (unpaired) electrons. The van der Waals surface area contributed by atoms with Crippen LogP contribution in [0.1, 0.15) is 136 Å². The average molecular weight is 700 g/mol. The second kappa shape index (κ2) is 19.6. The van der Waals surface area contributed by atoms with Crippen LogP contribution < -0.4 is 2.89 Å². The second-order valence-corrected chi connectivity index (χ2v) is 28.8. The van der Waals surface area contributed by atoms with E-state index in [2.05, 4.69) is 99.8 Å². The summed E-state index contributed by atoms with van der Waals surface area (Å²) in [7, 11) is 0. The Bertz CT molecular complexity index is 1070. The molecule has 0 atom stereocenters. The molecular weight excluding hydrogens is 639 g/mol. The van der Waals surface area contributed by atoms with E-state index in [0.29, 0.717) is 0 Å². The molecule has 0 saturated heterocycles. The summed E-state index contributed by atoms with van der Waals surface area (Å²) < 4.78 is 6.65. The Morgan fingerprint density at radius 3 is 1.51 bits per heavy atom. The van der Waals surface area contributed by atoms with Gasteiger partial charge in [-0.1, -0.05) is 0 Å². The Kier molecular flexibility index (Phi) is 16.7. The van der Waals surface area contributed by atoms with E-state index in [1.54, 1.807) is 34.2 Å². The van der Waals surface area contributed by atoms with Crippen molar-refractivity contribution in [1.29, 1.82) is 0 Å². The quantitative estimate of drug-likeness (QED) is 0.0723. The maximum atomic E-state index is 2.83. The molecule has 0 saturated carbocycles. The monoisotopic (exact) mass is 700 g/mol. The third kappa shape index (κ3) is 10.5. The van der Waals surface area contributed by atoms with Crippen LogP contribution in [0.2, 0.25) is 13.3 Å². The fraction of sp³-hybridized carbons (Fsp3) is 0.632. The first-order valence-electron chi connectivity index (χ1n) is 17.4. The molecular formula is C38H60S2Sn. The van der Waals surface area contributed by atoms with Gasteiger partial charge in [0, 0.05) is 0 Å². The first-order valence-corrected chi connectivity index (χ1v) is 26.5. The van der Waals surface area contributed by atoms with Crippen LogP contribution in [0, 0.1) is 0 Å². The number of rotatable bonds is 22. The number of unbranched alkanes of at least 4 members (excludes halogenated alkanes) is 9. The van der Waals surface area contributed by atoms with E-state index >= 15 is 0 Å².